The van der Waals surface area contributed by atoms with E-state index in [0.29, 0.717) is 76.5 Å². The van der Waals surface area contributed by atoms with E-state index in [0.717, 1.165) is 11.1 Å². The van der Waals surface area contributed by atoms with Gasteiger partial charge in [-0.3, -0.25) is 19.4 Å². The summed E-state index contributed by atoms with van der Waals surface area (Å²) in [6.45, 7) is 15.4. The molecule has 4 heterocycles. The van der Waals surface area contributed by atoms with E-state index in [1.54, 1.807) is 48.5 Å². The van der Waals surface area contributed by atoms with E-state index in [1.807, 2.05) is 79.7 Å². The number of carbonyl (C=O) groups is 4. The van der Waals surface area contributed by atoms with Crippen molar-refractivity contribution in [2.75, 3.05) is 22.9 Å². The van der Waals surface area contributed by atoms with Crippen molar-refractivity contribution in [1.82, 2.24) is 9.97 Å². The van der Waals surface area contributed by atoms with Crippen LogP contribution in [-0.4, -0.2) is 58.0 Å². The molecule has 2 aliphatic rings. The Morgan fingerprint density at radius 3 is 1.63 bits per heavy atom. The summed E-state index contributed by atoms with van der Waals surface area (Å²) in [5.74, 6) is 0.636. The maximum atomic E-state index is 13.1. The average molecular weight is 774 g/mol. The van der Waals surface area contributed by atoms with E-state index < -0.39 is 28.8 Å². The van der Waals surface area contributed by atoms with Crippen molar-refractivity contribution in [3.8, 4) is 22.5 Å². The summed E-state index contributed by atoms with van der Waals surface area (Å²) in [4.78, 5) is 63.3. The second kappa shape index (κ2) is 15.9. The highest BCUT2D eigenvalue weighted by Crippen LogP contribution is 2.37. The lowest BCUT2D eigenvalue weighted by molar-refractivity contribution is 0.0566. The third kappa shape index (κ3) is 9.84. The SMILES string of the molecule is CC(C)(C)OC(=O)N1CCC(C)(C)C(=O)c2ccc(-c3cccc(Cl)c3)nc21.CC(C)(C)OC(=O)N1CCCC(=O)c2ccc(-c3cccc(Cl)c3)nc21. The Morgan fingerprint density at radius 2 is 1.15 bits per heavy atom. The number of rotatable bonds is 2. The first kappa shape index (κ1) is 40.4. The number of hydrogen-bond donors (Lipinski definition) is 0. The number of benzene rings is 2. The van der Waals surface area contributed by atoms with Gasteiger partial charge in [0.15, 0.2) is 11.6 Å². The summed E-state index contributed by atoms with van der Waals surface area (Å²) in [5.41, 5.74) is 1.93. The summed E-state index contributed by atoms with van der Waals surface area (Å²) in [6, 6.07) is 21.7. The first-order chi connectivity index (χ1) is 25.2. The molecule has 0 N–H and O–H groups in total. The van der Waals surface area contributed by atoms with Gasteiger partial charge in [-0.15, -0.1) is 0 Å². The van der Waals surface area contributed by atoms with Crippen molar-refractivity contribution >= 4 is 58.6 Å². The predicted octanol–water partition coefficient (Wildman–Crippen LogP) is 10.9. The van der Waals surface area contributed by atoms with E-state index in [1.165, 1.54) is 9.80 Å². The van der Waals surface area contributed by atoms with E-state index in [9.17, 15) is 19.2 Å². The molecule has 2 aromatic carbocycles. The largest absolute Gasteiger partial charge is 0.443 e. The zero-order chi connectivity index (χ0) is 39.6. The Balaban J connectivity index is 0.000000208. The molecular weight excluding hydrogens is 727 g/mol. The number of nitrogens with zero attached hydrogens (tertiary/aromatic N) is 4. The lowest BCUT2D eigenvalue weighted by Crippen LogP contribution is -2.38. The third-order valence-corrected chi connectivity index (χ3v) is 9.11. The topological polar surface area (TPSA) is 119 Å². The fourth-order valence-corrected chi connectivity index (χ4v) is 6.30. The van der Waals surface area contributed by atoms with E-state index in [2.05, 4.69) is 9.97 Å². The second-order valence-corrected chi connectivity index (χ2v) is 16.8. The first-order valence-corrected chi connectivity index (χ1v) is 18.6. The van der Waals surface area contributed by atoms with Crippen molar-refractivity contribution in [2.45, 2.75) is 85.9 Å². The molecule has 0 atom stereocenters. The Labute approximate surface area is 326 Å². The zero-order valence-electron chi connectivity index (χ0n) is 32.0. The molecule has 2 amide bonds. The van der Waals surface area contributed by atoms with Crippen LogP contribution in [0, 0.1) is 5.41 Å². The van der Waals surface area contributed by atoms with E-state index in [4.69, 9.17) is 32.7 Å². The summed E-state index contributed by atoms with van der Waals surface area (Å²) >= 11 is 12.2. The summed E-state index contributed by atoms with van der Waals surface area (Å²) in [5, 5.41) is 1.19. The number of ketones is 2. The fourth-order valence-electron chi connectivity index (χ4n) is 5.92. The predicted molar refractivity (Wildman–Crippen MR) is 213 cm³/mol. The van der Waals surface area contributed by atoms with Crippen LogP contribution in [0.1, 0.15) is 95.4 Å². The van der Waals surface area contributed by atoms with Crippen LogP contribution >= 0.6 is 23.2 Å². The molecule has 284 valence electrons. The molecule has 6 rings (SSSR count). The highest BCUT2D eigenvalue weighted by atomic mass is 35.5. The number of anilines is 2. The molecule has 0 fully saturated rings. The molecular formula is C42H46Cl2N4O6. The molecule has 0 bridgehead atoms. The molecule has 12 heteroatoms. The van der Waals surface area contributed by atoms with Gasteiger partial charge in [-0.25, -0.2) is 19.6 Å². The Bertz CT molecular complexity index is 2090. The van der Waals surface area contributed by atoms with Gasteiger partial charge in [0.25, 0.3) is 0 Å². The van der Waals surface area contributed by atoms with Gasteiger partial charge >= 0.3 is 12.2 Å². The fraction of sp³-hybridized carbons (Fsp3) is 0.381. The van der Waals surface area contributed by atoms with Crippen molar-refractivity contribution in [3.05, 3.63) is 94.0 Å². The van der Waals surface area contributed by atoms with Crippen LogP contribution in [-0.2, 0) is 9.47 Å². The van der Waals surface area contributed by atoms with E-state index in [-0.39, 0.29) is 11.6 Å². The van der Waals surface area contributed by atoms with E-state index >= 15 is 0 Å². The maximum Gasteiger partial charge on any atom is 0.416 e. The number of carbonyl (C=O) groups excluding carboxylic acids is 4. The second-order valence-electron chi connectivity index (χ2n) is 15.9. The average Bonchev–Trinajstić information content (AvgIpc) is 3.30. The smallest absolute Gasteiger partial charge is 0.416 e. The summed E-state index contributed by atoms with van der Waals surface area (Å²) in [6.07, 6.45) is 0.471. The molecule has 4 aromatic rings. The van der Waals surface area contributed by atoms with Gasteiger partial charge in [0.2, 0.25) is 0 Å². The normalized spacial score (nSPS) is 15.5. The van der Waals surface area contributed by atoms with Crippen LogP contribution in [0.15, 0.2) is 72.8 Å². The van der Waals surface area contributed by atoms with Crippen molar-refractivity contribution < 1.29 is 28.7 Å². The van der Waals surface area contributed by atoms with Crippen molar-refractivity contribution in [3.63, 3.8) is 0 Å². The Kier molecular flexibility index (Phi) is 11.9. The number of fused-ring (bicyclic) bond motifs is 2. The molecule has 2 aromatic heterocycles. The number of halogens is 2. The number of hydrogen-bond acceptors (Lipinski definition) is 8. The quantitative estimate of drug-likeness (QED) is 0.197. The summed E-state index contributed by atoms with van der Waals surface area (Å²) < 4.78 is 11.1. The number of ether oxygens (including phenoxy) is 2. The molecule has 0 unspecified atom stereocenters. The number of amides is 2. The monoisotopic (exact) mass is 772 g/mol. The maximum absolute atomic E-state index is 13.1. The summed E-state index contributed by atoms with van der Waals surface area (Å²) in [7, 11) is 0. The van der Waals surface area contributed by atoms with Gasteiger partial charge in [-0.2, -0.15) is 0 Å². The molecule has 0 radical (unpaired) electrons. The van der Waals surface area contributed by atoms with Gasteiger partial charge in [0.05, 0.1) is 22.5 Å². The minimum atomic E-state index is -0.645. The third-order valence-electron chi connectivity index (χ3n) is 8.64. The molecule has 0 spiro atoms. The van der Waals surface area contributed by atoms with Crippen LogP contribution in [0.5, 0.6) is 0 Å². The van der Waals surface area contributed by atoms with Gasteiger partial charge in [-0.05, 0) is 103 Å². The number of aromatic nitrogens is 2. The highest BCUT2D eigenvalue weighted by Gasteiger charge is 2.39. The van der Waals surface area contributed by atoms with Crippen LogP contribution in [0.3, 0.4) is 0 Å². The van der Waals surface area contributed by atoms with Crippen LogP contribution in [0.2, 0.25) is 10.0 Å². The minimum absolute atomic E-state index is 0.0174. The lowest BCUT2D eigenvalue weighted by Gasteiger charge is -2.27. The Morgan fingerprint density at radius 1 is 0.685 bits per heavy atom. The van der Waals surface area contributed by atoms with Crippen LogP contribution in [0.25, 0.3) is 22.5 Å². The van der Waals surface area contributed by atoms with Gasteiger partial charge < -0.3 is 9.47 Å². The molecule has 54 heavy (non-hydrogen) atoms. The standard InChI is InChI=1S/C22H25ClN2O3.C20H21ClN2O3/c1-21(2,3)28-20(27)25-12-11-22(4,5)18(26)16-9-10-17(24-19(16)25)14-7-6-8-15(23)13-14;1-20(2,3)26-19(25)23-11-5-8-17(24)15-9-10-16(22-18(15)23)13-6-4-7-14(21)12-13/h6-10,13H,11-12H2,1-5H3;4,6-7,9-10,12H,5,8,11H2,1-3H3. The van der Waals surface area contributed by atoms with Gasteiger partial charge in [0.1, 0.15) is 22.8 Å². The molecule has 10 nitrogen and oxygen atoms in total. The number of Topliss-reactive ketones (excluding diaryl/α,β-unsaturated/α-hetero) is 2. The molecule has 0 saturated carbocycles. The molecule has 2 aliphatic heterocycles. The highest BCUT2D eigenvalue weighted by molar-refractivity contribution is 6.31. The molecule has 0 saturated heterocycles. The van der Waals surface area contributed by atoms with Gasteiger partial charge in [-0.1, -0.05) is 61.3 Å². The lowest BCUT2D eigenvalue weighted by atomic mass is 9.82. The first-order valence-electron chi connectivity index (χ1n) is 17.9. The number of pyridine rings is 2. The molecule has 0 aliphatic carbocycles. The van der Waals surface area contributed by atoms with Crippen molar-refractivity contribution in [2.24, 2.45) is 5.41 Å². The minimum Gasteiger partial charge on any atom is -0.443 e. The zero-order valence-corrected chi connectivity index (χ0v) is 33.5. The van der Waals surface area contributed by atoms with Gasteiger partial charge in [0, 0.05) is 46.1 Å². The van der Waals surface area contributed by atoms with Crippen LogP contribution in [0.4, 0.5) is 21.2 Å². The Hall–Kier alpha value is -4.80. The van der Waals surface area contributed by atoms with Crippen molar-refractivity contribution in [1.29, 1.82) is 0 Å². The van der Waals surface area contributed by atoms with Crippen LogP contribution < -0.4 is 9.80 Å².